The predicted molar refractivity (Wildman–Crippen MR) is 75.0 cm³/mol. The molecule has 1 aromatic heterocycles. The molecule has 1 aromatic carbocycles. The third-order valence-corrected chi connectivity index (χ3v) is 2.80. The Balaban J connectivity index is 2.14. The summed E-state index contributed by atoms with van der Waals surface area (Å²) in [6, 6.07) is 5.48. The van der Waals surface area contributed by atoms with Crippen LogP contribution in [-0.2, 0) is 6.42 Å². The van der Waals surface area contributed by atoms with Gasteiger partial charge in [-0.15, -0.1) is 0 Å². The number of aromatic nitrogens is 2. The quantitative estimate of drug-likeness (QED) is 0.825. The van der Waals surface area contributed by atoms with E-state index in [9.17, 15) is 4.79 Å². The Hall–Kier alpha value is -2.43. The zero-order valence-corrected chi connectivity index (χ0v) is 11.0. The number of rotatable bonds is 3. The van der Waals surface area contributed by atoms with E-state index in [2.05, 4.69) is 15.3 Å². The second-order valence-corrected chi connectivity index (χ2v) is 4.26. The number of amides is 1. The van der Waals surface area contributed by atoms with E-state index in [4.69, 9.17) is 5.73 Å². The first kappa shape index (κ1) is 13.0. The molecule has 0 saturated carbocycles. The Kier molecular flexibility index (Phi) is 3.75. The summed E-state index contributed by atoms with van der Waals surface area (Å²) in [6.45, 7) is 3.85. The summed E-state index contributed by atoms with van der Waals surface area (Å²) in [7, 11) is 0. The summed E-state index contributed by atoms with van der Waals surface area (Å²) in [5, 5.41) is 2.75. The van der Waals surface area contributed by atoms with Crippen molar-refractivity contribution in [1.29, 1.82) is 0 Å². The maximum Gasteiger partial charge on any atom is 0.275 e. The molecule has 19 heavy (non-hydrogen) atoms. The van der Waals surface area contributed by atoms with Gasteiger partial charge in [0, 0.05) is 17.6 Å². The van der Waals surface area contributed by atoms with Gasteiger partial charge >= 0.3 is 0 Å². The number of hydrogen-bond acceptors (Lipinski definition) is 4. The molecule has 0 saturated heterocycles. The van der Waals surface area contributed by atoms with Crippen LogP contribution in [-0.4, -0.2) is 15.9 Å². The third-order valence-electron chi connectivity index (χ3n) is 2.80. The molecular weight excluding hydrogens is 240 g/mol. The van der Waals surface area contributed by atoms with Crippen molar-refractivity contribution in [1.82, 2.24) is 9.97 Å². The van der Waals surface area contributed by atoms with E-state index in [-0.39, 0.29) is 11.6 Å². The second-order valence-electron chi connectivity index (χ2n) is 4.26. The van der Waals surface area contributed by atoms with Gasteiger partial charge in [0.2, 0.25) is 0 Å². The lowest BCUT2D eigenvalue weighted by molar-refractivity contribution is 0.102. The summed E-state index contributed by atoms with van der Waals surface area (Å²) in [4.78, 5) is 20.0. The lowest BCUT2D eigenvalue weighted by Crippen LogP contribution is -2.14. The number of nitrogen functional groups attached to an aromatic ring is 1. The number of hydrogen-bond donors (Lipinski definition) is 2. The third kappa shape index (κ3) is 3.07. The number of carbonyl (C=O) groups excluding carboxylic acids is 1. The summed E-state index contributed by atoms with van der Waals surface area (Å²) in [6.07, 6.45) is 3.88. The fourth-order valence-electron chi connectivity index (χ4n) is 1.70. The van der Waals surface area contributed by atoms with E-state index in [1.54, 1.807) is 12.3 Å². The maximum absolute atomic E-state index is 11.9. The normalized spacial score (nSPS) is 10.2. The van der Waals surface area contributed by atoms with Crippen LogP contribution in [0.25, 0.3) is 0 Å². The Morgan fingerprint density at radius 2 is 2.11 bits per heavy atom. The van der Waals surface area contributed by atoms with Crippen molar-refractivity contribution in [2.24, 2.45) is 0 Å². The first-order valence-corrected chi connectivity index (χ1v) is 6.08. The highest BCUT2D eigenvalue weighted by Gasteiger charge is 2.08. The average molecular weight is 256 g/mol. The van der Waals surface area contributed by atoms with Crippen molar-refractivity contribution < 1.29 is 4.79 Å². The van der Waals surface area contributed by atoms with Gasteiger partial charge in [0.25, 0.3) is 5.91 Å². The minimum absolute atomic E-state index is 0.281. The standard InChI is InChI=1S/C14H16N4O/c1-3-10-4-5-11(6-12(10)15)18-14(19)13-8-16-9(2)7-17-13/h4-8H,3,15H2,1-2H3,(H,18,19). The fourth-order valence-corrected chi connectivity index (χ4v) is 1.70. The molecule has 0 aliphatic rings. The van der Waals surface area contributed by atoms with Gasteiger partial charge in [0.1, 0.15) is 5.69 Å². The summed E-state index contributed by atoms with van der Waals surface area (Å²) < 4.78 is 0. The van der Waals surface area contributed by atoms with E-state index < -0.39 is 0 Å². The van der Waals surface area contributed by atoms with E-state index >= 15 is 0 Å². The van der Waals surface area contributed by atoms with Crippen LogP contribution < -0.4 is 11.1 Å². The van der Waals surface area contributed by atoms with Crippen LogP contribution in [0.4, 0.5) is 11.4 Å². The van der Waals surface area contributed by atoms with E-state index in [1.165, 1.54) is 6.20 Å². The summed E-state index contributed by atoms with van der Waals surface area (Å²) in [5.41, 5.74) is 9.33. The van der Waals surface area contributed by atoms with Crippen LogP contribution in [0, 0.1) is 6.92 Å². The molecule has 0 aliphatic carbocycles. The predicted octanol–water partition coefficient (Wildman–Crippen LogP) is 2.18. The van der Waals surface area contributed by atoms with Crippen LogP contribution in [0.15, 0.2) is 30.6 Å². The van der Waals surface area contributed by atoms with E-state index in [0.29, 0.717) is 11.4 Å². The first-order chi connectivity index (χ1) is 9.10. The molecule has 0 fully saturated rings. The molecule has 0 radical (unpaired) electrons. The molecule has 1 heterocycles. The van der Waals surface area contributed by atoms with Crippen molar-refractivity contribution in [3.05, 3.63) is 47.5 Å². The zero-order chi connectivity index (χ0) is 13.8. The Morgan fingerprint density at radius 1 is 1.32 bits per heavy atom. The summed E-state index contributed by atoms with van der Waals surface area (Å²) in [5.74, 6) is -0.295. The number of aryl methyl sites for hydroxylation is 2. The molecule has 0 unspecified atom stereocenters. The van der Waals surface area contributed by atoms with Gasteiger partial charge in [-0.2, -0.15) is 0 Å². The molecule has 5 nitrogen and oxygen atoms in total. The Bertz CT molecular complexity index is 593. The highest BCUT2D eigenvalue weighted by atomic mass is 16.1. The molecular formula is C14H16N4O. The van der Waals surface area contributed by atoms with Gasteiger partial charge in [-0.05, 0) is 31.0 Å². The number of anilines is 2. The second kappa shape index (κ2) is 5.48. The number of benzene rings is 1. The number of nitrogens with one attached hydrogen (secondary N) is 1. The van der Waals surface area contributed by atoms with Gasteiger partial charge in [0.05, 0.1) is 11.9 Å². The number of nitrogens with zero attached hydrogens (tertiary/aromatic N) is 2. The van der Waals surface area contributed by atoms with Crippen molar-refractivity contribution in [2.75, 3.05) is 11.1 Å². The monoisotopic (exact) mass is 256 g/mol. The highest BCUT2D eigenvalue weighted by Crippen LogP contribution is 2.18. The highest BCUT2D eigenvalue weighted by molar-refractivity contribution is 6.02. The smallest absolute Gasteiger partial charge is 0.275 e. The van der Waals surface area contributed by atoms with Gasteiger partial charge in [0.15, 0.2) is 0 Å². The topological polar surface area (TPSA) is 80.9 Å². The van der Waals surface area contributed by atoms with Gasteiger partial charge in [-0.1, -0.05) is 13.0 Å². The maximum atomic E-state index is 11.9. The van der Waals surface area contributed by atoms with Crippen molar-refractivity contribution >= 4 is 17.3 Å². The van der Waals surface area contributed by atoms with Crippen LogP contribution in [0.2, 0.25) is 0 Å². The molecule has 0 atom stereocenters. The minimum atomic E-state index is -0.295. The molecule has 2 rings (SSSR count). The number of carbonyl (C=O) groups is 1. The van der Waals surface area contributed by atoms with Crippen LogP contribution in [0.5, 0.6) is 0 Å². The van der Waals surface area contributed by atoms with E-state index in [0.717, 1.165) is 17.7 Å². The summed E-state index contributed by atoms with van der Waals surface area (Å²) >= 11 is 0. The molecule has 98 valence electrons. The SMILES string of the molecule is CCc1ccc(NC(=O)c2cnc(C)cn2)cc1N. The van der Waals surface area contributed by atoms with Gasteiger partial charge in [-0.3, -0.25) is 9.78 Å². The molecule has 0 aliphatic heterocycles. The molecule has 1 amide bonds. The zero-order valence-electron chi connectivity index (χ0n) is 11.0. The van der Waals surface area contributed by atoms with Crippen molar-refractivity contribution in [3.63, 3.8) is 0 Å². The first-order valence-electron chi connectivity index (χ1n) is 6.08. The van der Waals surface area contributed by atoms with Crippen molar-refractivity contribution in [3.8, 4) is 0 Å². The molecule has 2 aromatic rings. The largest absolute Gasteiger partial charge is 0.398 e. The van der Waals surface area contributed by atoms with Crippen LogP contribution >= 0.6 is 0 Å². The fraction of sp³-hybridized carbons (Fsp3) is 0.214. The lowest BCUT2D eigenvalue weighted by atomic mass is 10.1. The Labute approximate surface area is 111 Å². The average Bonchev–Trinajstić information content (AvgIpc) is 2.39. The Morgan fingerprint density at radius 3 is 2.68 bits per heavy atom. The molecule has 0 bridgehead atoms. The van der Waals surface area contributed by atoms with Gasteiger partial charge < -0.3 is 11.1 Å². The van der Waals surface area contributed by atoms with Gasteiger partial charge in [-0.25, -0.2) is 4.98 Å². The lowest BCUT2D eigenvalue weighted by Gasteiger charge is -2.08. The van der Waals surface area contributed by atoms with Crippen molar-refractivity contribution in [2.45, 2.75) is 20.3 Å². The van der Waals surface area contributed by atoms with Crippen LogP contribution in [0.3, 0.4) is 0 Å². The molecule has 0 spiro atoms. The molecule has 3 N–H and O–H groups in total. The van der Waals surface area contributed by atoms with Crippen LogP contribution in [0.1, 0.15) is 28.7 Å². The number of nitrogens with two attached hydrogens (primary N) is 1. The molecule has 5 heteroatoms. The van der Waals surface area contributed by atoms with E-state index in [1.807, 2.05) is 26.0 Å². The minimum Gasteiger partial charge on any atom is -0.398 e.